The minimum absolute atomic E-state index is 1.21. The third-order valence-corrected chi connectivity index (χ3v) is 4.14. The van der Waals surface area contributed by atoms with Gasteiger partial charge in [0.2, 0.25) is 5.69 Å². The Morgan fingerprint density at radius 2 is 1.39 bits per heavy atom. The van der Waals surface area contributed by atoms with Crippen LogP contribution in [0.3, 0.4) is 0 Å². The van der Waals surface area contributed by atoms with Crippen LogP contribution in [0.15, 0.2) is 12.3 Å². The summed E-state index contributed by atoms with van der Waals surface area (Å²) in [5.74, 6) is 0. The highest BCUT2D eigenvalue weighted by atomic mass is 15.2. The van der Waals surface area contributed by atoms with Gasteiger partial charge < -0.3 is 0 Å². The van der Waals surface area contributed by atoms with Crippen molar-refractivity contribution in [1.82, 2.24) is 5.10 Å². The van der Waals surface area contributed by atoms with E-state index in [1.54, 1.807) is 0 Å². The fourth-order valence-corrected chi connectivity index (χ4v) is 2.99. The van der Waals surface area contributed by atoms with Gasteiger partial charge in [-0.2, -0.15) is 0 Å². The van der Waals surface area contributed by atoms with Gasteiger partial charge in [0.05, 0.1) is 6.20 Å². The minimum Gasteiger partial charge on any atom is -0.0909 e. The molecule has 1 aromatic heterocycles. The van der Waals surface area contributed by atoms with E-state index in [9.17, 15) is 0 Å². The lowest BCUT2D eigenvalue weighted by atomic mass is 10.0. The van der Waals surface area contributed by atoms with E-state index < -0.39 is 0 Å². The van der Waals surface area contributed by atoms with E-state index in [2.05, 4.69) is 22.9 Å². The molecular formula is C16H27N2+. The molecule has 100 valence electrons. The number of hydrogen-bond acceptors (Lipinski definition) is 1. The summed E-state index contributed by atoms with van der Waals surface area (Å²) in [7, 11) is 2.09. The molecule has 0 atom stereocenters. The maximum Gasteiger partial charge on any atom is 0.211 e. The maximum atomic E-state index is 4.40. The van der Waals surface area contributed by atoms with E-state index in [0.717, 1.165) is 0 Å². The first-order chi connectivity index (χ1) is 8.88. The van der Waals surface area contributed by atoms with E-state index in [1.165, 1.54) is 81.9 Å². The summed E-state index contributed by atoms with van der Waals surface area (Å²) in [5.41, 5.74) is 3.00. The Bertz CT molecular complexity index is 360. The van der Waals surface area contributed by atoms with Gasteiger partial charge in [0.15, 0.2) is 7.05 Å². The van der Waals surface area contributed by atoms with Gasteiger partial charge in [-0.05, 0) is 30.4 Å². The van der Waals surface area contributed by atoms with Gasteiger partial charge in [-0.3, -0.25) is 0 Å². The Kier molecular flexibility index (Phi) is 5.63. The highest BCUT2D eigenvalue weighted by Gasteiger charge is 2.14. The summed E-state index contributed by atoms with van der Waals surface area (Å²) in [6.45, 7) is 0. The molecule has 2 heteroatoms. The molecule has 1 aliphatic carbocycles. The lowest BCUT2D eigenvalue weighted by molar-refractivity contribution is -0.738. The van der Waals surface area contributed by atoms with Crippen LogP contribution in [0.1, 0.15) is 69.0 Å². The topological polar surface area (TPSA) is 16.8 Å². The normalized spacial score (nSPS) is 19.2. The monoisotopic (exact) mass is 247 g/mol. The summed E-state index contributed by atoms with van der Waals surface area (Å²) >= 11 is 0. The summed E-state index contributed by atoms with van der Waals surface area (Å²) in [6.07, 6.45) is 17.0. The van der Waals surface area contributed by atoms with Gasteiger partial charge in [-0.25, -0.2) is 0 Å². The average molecular weight is 247 g/mol. The van der Waals surface area contributed by atoms with Crippen molar-refractivity contribution >= 4 is 0 Å². The second-order valence-electron chi connectivity index (χ2n) is 5.61. The second-order valence-corrected chi connectivity index (χ2v) is 5.61. The Morgan fingerprint density at radius 3 is 2.06 bits per heavy atom. The molecule has 0 amide bonds. The molecule has 0 bridgehead atoms. The molecule has 0 saturated heterocycles. The fraction of sp³-hybridized carbons (Fsp3) is 0.750. The van der Waals surface area contributed by atoms with Gasteiger partial charge in [0, 0.05) is 12.0 Å². The molecule has 2 rings (SSSR count). The van der Waals surface area contributed by atoms with Gasteiger partial charge in [-0.15, -0.1) is 0 Å². The average Bonchev–Trinajstić information content (AvgIpc) is 2.39. The van der Waals surface area contributed by atoms with Crippen molar-refractivity contribution in [2.75, 3.05) is 0 Å². The Balaban J connectivity index is 2.03. The van der Waals surface area contributed by atoms with Crippen LogP contribution in [0.25, 0.3) is 0 Å². The number of fused-ring (bicyclic) bond motifs is 1. The number of hydrogen-bond donors (Lipinski definition) is 0. The Labute approximate surface area is 111 Å². The molecule has 0 spiro atoms. The zero-order chi connectivity index (χ0) is 12.6. The zero-order valence-electron chi connectivity index (χ0n) is 11.8. The molecule has 2 nitrogen and oxygen atoms in total. The van der Waals surface area contributed by atoms with Gasteiger partial charge in [-0.1, -0.05) is 49.6 Å². The van der Waals surface area contributed by atoms with E-state index in [4.69, 9.17) is 0 Å². The molecule has 0 aromatic carbocycles. The number of aryl methyl sites for hydroxylation is 2. The number of nitrogens with zero attached hydrogens (tertiary/aromatic N) is 2. The lowest BCUT2D eigenvalue weighted by Crippen LogP contribution is -2.38. The summed E-state index contributed by atoms with van der Waals surface area (Å²) in [5, 5.41) is 4.40. The fourth-order valence-electron chi connectivity index (χ4n) is 2.99. The van der Waals surface area contributed by atoms with Crippen LogP contribution in [0.5, 0.6) is 0 Å². The smallest absolute Gasteiger partial charge is 0.0909 e. The Morgan fingerprint density at radius 1 is 0.833 bits per heavy atom. The van der Waals surface area contributed by atoms with Gasteiger partial charge in [0.25, 0.3) is 0 Å². The van der Waals surface area contributed by atoms with Crippen molar-refractivity contribution in [1.29, 1.82) is 0 Å². The lowest BCUT2D eigenvalue weighted by Gasteiger charge is -2.05. The van der Waals surface area contributed by atoms with Crippen LogP contribution in [-0.4, -0.2) is 5.10 Å². The predicted molar refractivity (Wildman–Crippen MR) is 74.4 cm³/mol. The molecule has 0 saturated carbocycles. The van der Waals surface area contributed by atoms with Gasteiger partial charge in [0.1, 0.15) is 0 Å². The third-order valence-electron chi connectivity index (χ3n) is 4.14. The van der Waals surface area contributed by atoms with E-state index >= 15 is 0 Å². The number of rotatable bonds is 0. The van der Waals surface area contributed by atoms with E-state index in [0.29, 0.717) is 0 Å². The molecule has 0 radical (unpaired) electrons. The SMILES string of the molecule is C[n+]1nccc2c1CCCCCCCCCCC2. The summed E-state index contributed by atoms with van der Waals surface area (Å²) in [4.78, 5) is 0. The quantitative estimate of drug-likeness (QED) is 0.641. The molecule has 18 heavy (non-hydrogen) atoms. The highest BCUT2D eigenvalue weighted by Crippen LogP contribution is 2.16. The van der Waals surface area contributed by atoms with Crippen molar-refractivity contribution in [3.63, 3.8) is 0 Å². The highest BCUT2D eigenvalue weighted by molar-refractivity contribution is 5.14. The Hall–Kier alpha value is -0.920. The molecule has 1 aromatic rings. The van der Waals surface area contributed by atoms with Crippen LogP contribution in [-0.2, 0) is 19.9 Å². The largest absolute Gasteiger partial charge is 0.211 e. The van der Waals surface area contributed by atoms with Crippen LogP contribution in [0, 0.1) is 0 Å². The third kappa shape index (κ3) is 4.08. The molecule has 0 unspecified atom stereocenters. The van der Waals surface area contributed by atoms with E-state index in [1.807, 2.05) is 6.20 Å². The van der Waals surface area contributed by atoms with Crippen molar-refractivity contribution in [3.8, 4) is 0 Å². The van der Waals surface area contributed by atoms with Crippen LogP contribution in [0.4, 0.5) is 0 Å². The van der Waals surface area contributed by atoms with Crippen LogP contribution < -0.4 is 4.68 Å². The first-order valence-corrected chi connectivity index (χ1v) is 7.71. The molecule has 1 heterocycles. The first kappa shape index (κ1) is 13.5. The second kappa shape index (κ2) is 7.50. The van der Waals surface area contributed by atoms with E-state index in [-0.39, 0.29) is 0 Å². The molecular weight excluding hydrogens is 220 g/mol. The van der Waals surface area contributed by atoms with Crippen LogP contribution in [0.2, 0.25) is 0 Å². The van der Waals surface area contributed by atoms with Crippen LogP contribution >= 0.6 is 0 Å². The van der Waals surface area contributed by atoms with Crippen molar-refractivity contribution in [2.24, 2.45) is 7.05 Å². The van der Waals surface area contributed by atoms with Crippen molar-refractivity contribution < 1.29 is 4.68 Å². The minimum atomic E-state index is 1.21. The van der Waals surface area contributed by atoms with Crippen molar-refractivity contribution in [2.45, 2.75) is 70.6 Å². The first-order valence-electron chi connectivity index (χ1n) is 7.71. The summed E-state index contributed by atoms with van der Waals surface area (Å²) in [6, 6.07) is 2.23. The van der Waals surface area contributed by atoms with Gasteiger partial charge >= 0.3 is 0 Å². The molecule has 0 aliphatic heterocycles. The maximum absolute atomic E-state index is 4.40. The molecule has 1 aliphatic rings. The molecule has 0 fully saturated rings. The standard InChI is InChI=1S/C16H27N2/c1-18-16-12-10-8-6-4-2-3-5-7-9-11-15(16)13-14-17-18/h13-14H,2-12H2,1H3/q+1. The van der Waals surface area contributed by atoms with Crippen molar-refractivity contribution in [3.05, 3.63) is 23.5 Å². The number of aromatic nitrogens is 2. The predicted octanol–water partition coefficient (Wildman–Crippen LogP) is 3.52. The zero-order valence-corrected chi connectivity index (χ0v) is 11.8. The summed E-state index contributed by atoms with van der Waals surface area (Å²) < 4.78 is 2.09. The molecule has 0 N–H and O–H groups in total.